The minimum absolute atomic E-state index is 0. The van der Waals surface area contributed by atoms with Crippen molar-refractivity contribution >= 4 is 28.8 Å². The van der Waals surface area contributed by atoms with Crippen molar-refractivity contribution in [1.29, 1.82) is 0 Å². The summed E-state index contributed by atoms with van der Waals surface area (Å²) in [5, 5.41) is 1.30. The molecule has 0 atom stereocenters. The highest BCUT2D eigenvalue weighted by atomic mass is 35.5. The minimum atomic E-state index is 0. The van der Waals surface area contributed by atoms with Gasteiger partial charge in [-0.2, -0.15) is 4.40 Å². The van der Waals surface area contributed by atoms with E-state index in [0.717, 1.165) is 22.5 Å². The molecule has 0 amide bonds. The van der Waals surface area contributed by atoms with Gasteiger partial charge in [0.15, 0.2) is 0 Å². The molecule has 2 aromatic heterocycles. The van der Waals surface area contributed by atoms with E-state index in [1.165, 1.54) is 0 Å². The summed E-state index contributed by atoms with van der Waals surface area (Å²) in [5.74, 6) is 0.825. The van der Waals surface area contributed by atoms with Crippen molar-refractivity contribution < 1.29 is 27.2 Å². The van der Waals surface area contributed by atoms with Crippen LogP contribution >= 0.6 is 23.2 Å². The number of halogens is 3. The first kappa shape index (κ1) is 22.1. The molecule has 4 rings (SSSR count). The van der Waals surface area contributed by atoms with Crippen LogP contribution in [-0.2, 0) is 13.2 Å². The zero-order valence-corrected chi connectivity index (χ0v) is 17.1. The maximum Gasteiger partial charge on any atom is 0.329 e. The highest BCUT2D eigenvalue weighted by molar-refractivity contribution is 6.35. The van der Waals surface area contributed by atoms with Crippen LogP contribution in [0.4, 0.5) is 0 Å². The molecule has 2 heterocycles. The van der Waals surface area contributed by atoms with Gasteiger partial charge >= 0.3 is 5.65 Å². The highest BCUT2D eigenvalue weighted by Crippen LogP contribution is 2.22. The van der Waals surface area contributed by atoms with E-state index in [4.69, 9.17) is 27.9 Å². The van der Waals surface area contributed by atoms with Gasteiger partial charge in [0.25, 0.3) is 0 Å². The Balaban J connectivity index is 0.00000140. The van der Waals surface area contributed by atoms with Crippen LogP contribution in [0.3, 0.4) is 0 Å². The lowest BCUT2D eigenvalue weighted by molar-refractivity contribution is -0.662. The average molecular weight is 438 g/mol. The molecule has 4 nitrogen and oxygen atoms in total. The molecule has 0 spiro atoms. The summed E-state index contributed by atoms with van der Waals surface area (Å²) >= 11 is 12.3. The first-order valence-electron chi connectivity index (χ1n) is 8.30. The molecule has 146 valence electrons. The summed E-state index contributed by atoms with van der Waals surface area (Å²) in [6.07, 6.45) is 6.04. The second-order valence-electron chi connectivity index (χ2n) is 6.04. The molecule has 28 heavy (non-hydrogen) atoms. The fourth-order valence-electron chi connectivity index (χ4n) is 2.94. The van der Waals surface area contributed by atoms with Gasteiger partial charge in [0.1, 0.15) is 25.5 Å². The molecule has 0 aliphatic carbocycles. The van der Waals surface area contributed by atoms with Crippen LogP contribution in [0, 0.1) is 0 Å². The molecule has 0 fully saturated rings. The lowest BCUT2D eigenvalue weighted by atomic mass is 10.2. The first-order valence-corrected chi connectivity index (χ1v) is 9.06. The molecule has 4 aromatic rings. The van der Waals surface area contributed by atoms with Crippen LogP contribution in [0.1, 0.15) is 11.1 Å². The van der Waals surface area contributed by atoms with E-state index in [1.54, 1.807) is 6.07 Å². The molecule has 2 N–H and O–H groups in total. The largest absolute Gasteiger partial charge is 1.00 e. The molecule has 0 bridgehead atoms. The van der Waals surface area contributed by atoms with Gasteiger partial charge in [-0.3, -0.25) is 0 Å². The molecule has 0 unspecified atom stereocenters. The third-order valence-corrected chi connectivity index (χ3v) is 4.82. The van der Waals surface area contributed by atoms with Crippen molar-refractivity contribution in [1.82, 2.24) is 4.40 Å². The van der Waals surface area contributed by atoms with E-state index in [-0.39, 0.29) is 17.9 Å². The Bertz CT molecular complexity index is 1050. The SMILES string of the molecule is Clc1ccc(C[n+]2ccn3cccc(OCc4ccccc4)c32)c(Cl)c1.O.[Cl-]. The predicted molar refractivity (Wildman–Crippen MR) is 108 cm³/mol. The quantitative estimate of drug-likeness (QED) is 0.435. The second-order valence-corrected chi connectivity index (χ2v) is 6.88. The van der Waals surface area contributed by atoms with Crippen molar-refractivity contribution in [3.63, 3.8) is 0 Å². The Hall–Kier alpha value is -2.24. The van der Waals surface area contributed by atoms with Crippen LogP contribution in [0.15, 0.2) is 79.3 Å². The number of aromatic nitrogens is 2. The van der Waals surface area contributed by atoms with Gasteiger partial charge in [-0.15, -0.1) is 0 Å². The maximum absolute atomic E-state index is 6.34. The number of imidazole rings is 1. The summed E-state index contributed by atoms with van der Waals surface area (Å²) in [5.41, 5.74) is 3.12. The topological polar surface area (TPSA) is 49.0 Å². The third-order valence-electron chi connectivity index (χ3n) is 4.23. The Morgan fingerprint density at radius 1 is 0.929 bits per heavy atom. The van der Waals surface area contributed by atoms with Gasteiger partial charge in [0.05, 0.1) is 6.20 Å². The molecule has 0 radical (unpaired) electrons. The van der Waals surface area contributed by atoms with Crippen LogP contribution in [-0.4, -0.2) is 9.88 Å². The van der Waals surface area contributed by atoms with E-state index < -0.39 is 0 Å². The standard InChI is InChI=1S/C21H17Cl2N2O.ClH.H2O/c22-18-9-8-17(19(23)13-18)14-25-12-11-24-10-4-7-20(21(24)25)26-15-16-5-2-1-3-6-16;;/h1-13H,14-15H2;1H;1H2/q+1;;/p-1. The number of benzene rings is 2. The van der Waals surface area contributed by atoms with Gasteiger partial charge in [-0.1, -0.05) is 59.6 Å². The Morgan fingerprint density at radius 2 is 1.71 bits per heavy atom. The lowest BCUT2D eigenvalue weighted by Crippen LogP contribution is -3.00. The first-order chi connectivity index (χ1) is 12.7. The fraction of sp³-hybridized carbons (Fsp3) is 0.0952. The van der Waals surface area contributed by atoms with Crippen molar-refractivity contribution in [2.45, 2.75) is 13.2 Å². The van der Waals surface area contributed by atoms with Gasteiger partial charge in [-0.25, -0.2) is 4.57 Å². The van der Waals surface area contributed by atoms with Gasteiger partial charge in [0.2, 0.25) is 5.75 Å². The molecular weight excluding hydrogens is 419 g/mol. The van der Waals surface area contributed by atoms with Crippen molar-refractivity contribution in [2.24, 2.45) is 0 Å². The monoisotopic (exact) mass is 436 g/mol. The highest BCUT2D eigenvalue weighted by Gasteiger charge is 2.17. The van der Waals surface area contributed by atoms with Crippen molar-refractivity contribution in [3.8, 4) is 5.75 Å². The molecule has 0 saturated heterocycles. The number of pyridine rings is 1. The van der Waals surface area contributed by atoms with Crippen molar-refractivity contribution in [3.05, 3.63) is 100 Å². The average Bonchev–Trinajstić information content (AvgIpc) is 3.07. The molecule has 0 saturated carbocycles. The normalized spacial score (nSPS) is 10.2. The van der Waals surface area contributed by atoms with Crippen LogP contribution < -0.4 is 21.7 Å². The third kappa shape index (κ3) is 4.78. The Kier molecular flexibility index (Phi) is 7.72. The summed E-state index contributed by atoms with van der Waals surface area (Å²) < 4.78 is 10.3. The number of ether oxygens (including phenoxy) is 1. The van der Waals surface area contributed by atoms with Crippen molar-refractivity contribution in [2.75, 3.05) is 0 Å². The second kappa shape index (κ2) is 9.80. The summed E-state index contributed by atoms with van der Waals surface area (Å²) in [6, 6.07) is 19.7. The lowest BCUT2D eigenvalue weighted by Gasteiger charge is -2.07. The van der Waals surface area contributed by atoms with E-state index >= 15 is 0 Å². The zero-order valence-electron chi connectivity index (χ0n) is 14.9. The number of hydrogen-bond acceptors (Lipinski definition) is 1. The predicted octanol–water partition coefficient (Wildman–Crippen LogP) is 1.34. The number of rotatable bonds is 5. The van der Waals surface area contributed by atoms with Crippen LogP contribution in [0.5, 0.6) is 5.75 Å². The van der Waals surface area contributed by atoms with Gasteiger partial charge < -0.3 is 22.6 Å². The minimum Gasteiger partial charge on any atom is -1.00 e. The molecule has 0 aliphatic rings. The molecule has 2 aromatic carbocycles. The molecule has 0 aliphatic heterocycles. The fourth-order valence-corrected chi connectivity index (χ4v) is 3.41. The Morgan fingerprint density at radius 3 is 2.46 bits per heavy atom. The maximum atomic E-state index is 6.34. The Labute approximate surface area is 179 Å². The molecule has 7 heteroatoms. The van der Waals surface area contributed by atoms with E-state index in [9.17, 15) is 0 Å². The zero-order chi connectivity index (χ0) is 17.9. The summed E-state index contributed by atoms with van der Waals surface area (Å²) in [6.45, 7) is 1.16. The molecular formula is C21H19Cl3N2O2. The number of nitrogens with zero attached hydrogens (tertiary/aromatic N) is 2. The van der Waals surface area contributed by atoms with E-state index in [1.807, 2.05) is 65.5 Å². The van der Waals surface area contributed by atoms with Gasteiger partial charge in [-0.05, 0) is 29.8 Å². The number of fused-ring (bicyclic) bond motifs is 1. The van der Waals surface area contributed by atoms with E-state index in [0.29, 0.717) is 23.2 Å². The van der Waals surface area contributed by atoms with Crippen LogP contribution in [0.2, 0.25) is 10.0 Å². The summed E-state index contributed by atoms with van der Waals surface area (Å²) in [7, 11) is 0. The van der Waals surface area contributed by atoms with Gasteiger partial charge in [0, 0.05) is 15.6 Å². The smallest absolute Gasteiger partial charge is 0.329 e. The summed E-state index contributed by atoms with van der Waals surface area (Å²) in [4.78, 5) is 0. The van der Waals surface area contributed by atoms with E-state index in [2.05, 4.69) is 16.7 Å². The number of hydrogen-bond donors (Lipinski definition) is 0. The van der Waals surface area contributed by atoms with Crippen LogP contribution in [0.25, 0.3) is 5.65 Å².